The van der Waals surface area contributed by atoms with E-state index in [0.29, 0.717) is 40.9 Å². The zero-order valence-corrected chi connectivity index (χ0v) is 20.6. The first-order valence-corrected chi connectivity index (χ1v) is 12.4. The molecule has 0 spiro atoms. The van der Waals surface area contributed by atoms with E-state index < -0.39 is 17.6 Å². The number of carbonyl (C=O) groups is 2. The van der Waals surface area contributed by atoms with Crippen LogP contribution >= 0.6 is 11.3 Å². The van der Waals surface area contributed by atoms with E-state index in [0.717, 1.165) is 10.6 Å². The van der Waals surface area contributed by atoms with Crippen molar-refractivity contribution in [3.05, 3.63) is 98.8 Å². The van der Waals surface area contributed by atoms with Crippen LogP contribution in [-0.2, 0) is 9.59 Å². The number of anilines is 1. The van der Waals surface area contributed by atoms with Crippen molar-refractivity contribution in [2.45, 2.75) is 31.6 Å². The fraction of sp³-hybridized carbons (Fsp3) is 0.214. The van der Waals surface area contributed by atoms with Gasteiger partial charge in [0.1, 0.15) is 5.82 Å². The van der Waals surface area contributed by atoms with E-state index in [9.17, 15) is 19.1 Å². The highest BCUT2D eigenvalue weighted by molar-refractivity contribution is 7.10. The number of thiophene rings is 1. The summed E-state index contributed by atoms with van der Waals surface area (Å²) < 4.78 is 19.1. The molecule has 5 rings (SSSR count). The van der Waals surface area contributed by atoms with Gasteiger partial charge in [-0.3, -0.25) is 9.59 Å². The van der Waals surface area contributed by atoms with Crippen LogP contribution in [0.15, 0.2) is 82.5 Å². The number of allylic oxidation sites excluding steroid dienone is 3. The maximum atomic E-state index is 13.8. The van der Waals surface area contributed by atoms with Crippen LogP contribution in [0.4, 0.5) is 10.1 Å². The Bertz CT molecular complexity index is 1410. The monoisotopic (exact) mass is 504 g/mol. The van der Waals surface area contributed by atoms with Crippen molar-refractivity contribution in [2.75, 3.05) is 12.4 Å². The number of ketones is 1. The van der Waals surface area contributed by atoms with Gasteiger partial charge in [-0.25, -0.2) is 4.39 Å². The first kappa shape index (κ1) is 23.8. The van der Waals surface area contributed by atoms with Crippen molar-refractivity contribution in [2.24, 2.45) is 0 Å². The van der Waals surface area contributed by atoms with Crippen molar-refractivity contribution >= 4 is 28.7 Å². The zero-order chi connectivity index (χ0) is 25.4. The Kier molecular flexibility index (Phi) is 6.36. The molecule has 1 aliphatic heterocycles. The predicted molar refractivity (Wildman–Crippen MR) is 137 cm³/mol. The predicted octanol–water partition coefficient (Wildman–Crippen LogP) is 5.60. The van der Waals surface area contributed by atoms with Gasteiger partial charge in [0, 0.05) is 51.4 Å². The normalized spacial score (nSPS) is 19.6. The van der Waals surface area contributed by atoms with Gasteiger partial charge < -0.3 is 20.5 Å². The fourth-order valence-corrected chi connectivity index (χ4v) is 5.87. The lowest BCUT2D eigenvalue weighted by Crippen LogP contribution is -2.37. The molecule has 0 fully saturated rings. The maximum absolute atomic E-state index is 13.8. The number of ether oxygens (including phenoxy) is 1. The molecule has 8 heteroatoms. The SMILES string of the molecule is COc1cc([C@@H]2C(C(=O)Nc3cccc(F)c3)=C(C)NC3=C2C(=O)C[C@H](c2cccs2)C3)ccc1O. The fourth-order valence-electron chi connectivity index (χ4n) is 5.04. The van der Waals surface area contributed by atoms with E-state index in [1.165, 1.54) is 31.4 Å². The van der Waals surface area contributed by atoms with Crippen molar-refractivity contribution < 1.29 is 23.8 Å². The number of amides is 1. The van der Waals surface area contributed by atoms with Gasteiger partial charge in [-0.15, -0.1) is 11.3 Å². The van der Waals surface area contributed by atoms with E-state index in [2.05, 4.69) is 10.6 Å². The number of dihydropyridines is 1. The summed E-state index contributed by atoms with van der Waals surface area (Å²) >= 11 is 1.63. The summed E-state index contributed by atoms with van der Waals surface area (Å²) in [5, 5.41) is 18.3. The van der Waals surface area contributed by atoms with Gasteiger partial charge in [-0.1, -0.05) is 18.2 Å². The van der Waals surface area contributed by atoms with Gasteiger partial charge in [0.15, 0.2) is 17.3 Å². The van der Waals surface area contributed by atoms with E-state index in [-0.39, 0.29) is 23.2 Å². The Morgan fingerprint density at radius 2 is 2.00 bits per heavy atom. The molecule has 2 atom stereocenters. The zero-order valence-electron chi connectivity index (χ0n) is 19.8. The first-order chi connectivity index (χ1) is 17.4. The van der Waals surface area contributed by atoms with Crippen LogP contribution in [-0.4, -0.2) is 23.9 Å². The van der Waals surface area contributed by atoms with E-state index >= 15 is 0 Å². The van der Waals surface area contributed by atoms with Crippen molar-refractivity contribution in [1.82, 2.24) is 5.32 Å². The maximum Gasteiger partial charge on any atom is 0.254 e. The lowest BCUT2D eigenvalue weighted by atomic mass is 9.72. The minimum atomic E-state index is -0.680. The number of phenolic OH excluding ortho intramolecular Hbond substituents is 1. The Morgan fingerprint density at radius 3 is 2.72 bits per heavy atom. The standard InChI is InChI=1S/C28H25FN2O4S/c1-15-25(28(34)31-19-6-3-5-18(29)14-19)26(16-8-9-21(32)23(13-16)35-2)27-20(30-15)11-17(12-22(27)33)24-7-4-10-36-24/h3-10,13-14,17,26,30,32H,11-12H2,1-2H3,(H,31,34)/t17-,26-/m1/s1. The number of rotatable bonds is 5. The van der Waals surface area contributed by atoms with Crippen molar-refractivity contribution in [3.63, 3.8) is 0 Å². The van der Waals surface area contributed by atoms with Crippen molar-refractivity contribution in [1.29, 1.82) is 0 Å². The van der Waals surface area contributed by atoms with Crippen LogP contribution in [0, 0.1) is 5.82 Å². The molecule has 2 aliphatic rings. The molecule has 6 nitrogen and oxygen atoms in total. The highest BCUT2D eigenvalue weighted by Gasteiger charge is 2.41. The second-order valence-electron chi connectivity index (χ2n) is 8.93. The lowest BCUT2D eigenvalue weighted by Gasteiger charge is -2.36. The van der Waals surface area contributed by atoms with E-state index in [1.54, 1.807) is 36.5 Å². The largest absolute Gasteiger partial charge is 0.504 e. The summed E-state index contributed by atoms with van der Waals surface area (Å²) in [6.07, 6.45) is 0.980. The molecule has 1 aromatic heterocycles. The summed E-state index contributed by atoms with van der Waals surface area (Å²) in [6.45, 7) is 1.80. The first-order valence-electron chi connectivity index (χ1n) is 11.6. The number of nitrogens with one attached hydrogen (secondary N) is 2. The Labute approximate surface area is 212 Å². The second kappa shape index (κ2) is 9.62. The van der Waals surface area contributed by atoms with E-state index in [1.807, 2.05) is 17.5 Å². The topological polar surface area (TPSA) is 87.7 Å². The summed E-state index contributed by atoms with van der Waals surface area (Å²) in [6, 6.07) is 14.5. The van der Waals surface area contributed by atoms with Gasteiger partial charge in [0.05, 0.1) is 7.11 Å². The van der Waals surface area contributed by atoms with Crippen LogP contribution in [0.5, 0.6) is 11.5 Å². The number of methoxy groups -OCH3 is 1. The Balaban J connectivity index is 1.60. The minimum Gasteiger partial charge on any atom is -0.504 e. The molecule has 0 radical (unpaired) electrons. The Morgan fingerprint density at radius 1 is 1.17 bits per heavy atom. The number of carbonyl (C=O) groups excluding carboxylic acids is 2. The third kappa shape index (κ3) is 4.40. The molecule has 3 N–H and O–H groups in total. The molecule has 36 heavy (non-hydrogen) atoms. The molecule has 2 heterocycles. The smallest absolute Gasteiger partial charge is 0.254 e. The molecule has 3 aromatic rings. The van der Waals surface area contributed by atoms with Crippen LogP contribution < -0.4 is 15.4 Å². The molecular weight excluding hydrogens is 479 g/mol. The second-order valence-corrected chi connectivity index (χ2v) is 9.91. The van der Waals surface area contributed by atoms with E-state index in [4.69, 9.17) is 4.74 Å². The highest BCUT2D eigenvalue weighted by Crippen LogP contribution is 2.47. The van der Waals surface area contributed by atoms with Crippen LogP contribution in [0.25, 0.3) is 0 Å². The van der Waals surface area contributed by atoms with Crippen LogP contribution in [0.1, 0.15) is 42.0 Å². The number of phenols is 1. The van der Waals surface area contributed by atoms with Gasteiger partial charge in [-0.2, -0.15) is 0 Å². The van der Waals surface area contributed by atoms with Crippen LogP contribution in [0.2, 0.25) is 0 Å². The molecule has 0 saturated heterocycles. The molecule has 0 unspecified atom stereocenters. The molecule has 0 saturated carbocycles. The number of halogens is 1. The number of hydrogen-bond donors (Lipinski definition) is 3. The lowest BCUT2D eigenvalue weighted by molar-refractivity contribution is -0.116. The van der Waals surface area contributed by atoms with Gasteiger partial charge in [0.2, 0.25) is 0 Å². The van der Waals surface area contributed by atoms with Gasteiger partial charge in [0.25, 0.3) is 5.91 Å². The summed E-state index contributed by atoms with van der Waals surface area (Å²) in [7, 11) is 1.45. The molecule has 1 aliphatic carbocycles. The average molecular weight is 505 g/mol. The molecule has 184 valence electrons. The highest BCUT2D eigenvalue weighted by atomic mass is 32.1. The molecule has 1 amide bonds. The minimum absolute atomic E-state index is 0.0384. The molecule has 0 bridgehead atoms. The number of aromatic hydroxyl groups is 1. The summed E-state index contributed by atoms with van der Waals surface area (Å²) in [4.78, 5) is 28.4. The summed E-state index contributed by atoms with van der Waals surface area (Å²) in [5.74, 6) is -1.35. The third-order valence-electron chi connectivity index (χ3n) is 6.64. The van der Waals surface area contributed by atoms with Crippen LogP contribution in [0.3, 0.4) is 0 Å². The number of hydrogen-bond acceptors (Lipinski definition) is 6. The molecule has 2 aromatic carbocycles. The number of Topliss-reactive ketones (excluding diaryl/α,β-unsaturated/α-hetero) is 1. The Hall–Kier alpha value is -3.91. The summed E-state index contributed by atoms with van der Waals surface area (Å²) in [5.41, 5.74) is 3.25. The number of benzene rings is 2. The van der Waals surface area contributed by atoms with Gasteiger partial charge in [-0.05, 0) is 60.7 Å². The average Bonchev–Trinajstić information content (AvgIpc) is 3.38. The third-order valence-corrected chi connectivity index (χ3v) is 7.67. The molecular formula is C28H25FN2O4S. The van der Waals surface area contributed by atoms with Crippen molar-refractivity contribution in [3.8, 4) is 11.5 Å². The quantitative estimate of drug-likeness (QED) is 0.421. The van der Waals surface area contributed by atoms with Gasteiger partial charge >= 0.3 is 0 Å².